The Kier molecular flexibility index (Phi) is 5.71. The summed E-state index contributed by atoms with van der Waals surface area (Å²) in [5, 5.41) is 2.98. The SMILES string of the molecule is CC1CCN(c2ccc(N3CCN(C(=O)NC(C)C)CC3)cc2)CC1. The molecule has 0 aliphatic carbocycles. The molecular weight excluding hydrogens is 312 g/mol. The maximum absolute atomic E-state index is 12.1. The van der Waals surface area contributed by atoms with Crippen molar-refractivity contribution < 1.29 is 4.79 Å². The van der Waals surface area contributed by atoms with Crippen molar-refractivity contribution in [3.05, 3.63) is 24.3 Å². The van der Waals surface area contributed by atoms with Gasteiger partial charge in [-0.25, -0.2) is 4.79 Å². The minimum Gasteiger partial charge on any atom is -0.372 e. The van der Waals surface area contributed by atoms with Gasteiger partial charge in [-0.05, 0) is 56.9 Å². The van der Waals surface area contributed by atoms with Crippen molar-refractivity contribution in [2.45, 2.75) is 39.7 Å². The predicted octanol–water partition coefficient (Wildman–Crippen LogP) is 3.16. The molecule has 1 aromatic rings. The van der Waals surface area contributed by atoms with E-state index in [1.807, 2.05) is 18.7 Å². The molecule has 2 heterocycles. The molecule has 2 aliphatic heterocycles. The second-order valence-electron chi connectivity index (χ2n) is 7.76. The first-order valence-electron chi connectivity index (χ1n) is 9.68. The summed E-state index contributed by atoms with van der Waals surface area (Å²) in [5.41, 5.74) is 2.60. The highest BCUT2D eigenvalue weighted by atomic mass is 16.2. The Balaban J connectivity index is 1.53. The van der Waals surface area contributed by atoms with Gasteiger partial charge >= 0.3 is 6.03 Å². The number of carbonyl (C=O) groups is 1. The average Bonchev–Trinajstić information content (AvgIpc) is 2.62. The van der Waals surface area contributed by atoms with Crippen molar-refractivity contribution in [3.8, 4) is 0 Å². The molecule has 0 radical (unpaired) electrons. The summed E-state index contributed by atoms with van der Waals surface area (Å²) in [6, 6.07) is 9.22. The van der Waals surface area contributed by atoms with Crippen LogP contribution < -0.4 is 15.1 Å². The smallest absolute Gasteiger partial charge is 0.317 e. The lowest BCUT2D eigenvalue weighted by Crippen LogP contribution is -2.52. The van der Waals surface area contributed by atoms with Gasteiger partial charge in [-0.2, -0.15) is 0 Å². The molecule has 5 nitrogen and oxygen atoms in total. The quantitative estimate of drug-likeness (QED) is 0.915. The highest BCUT2D eigenvalue weighted by molar-refractivity contribution is 5.74. The monoisotopic (exact) mass is 344 g/mol. The summed E-state index contributed by atoms with van der Waals surface area (Å²) >= 11 is 0. The van der Waals surface area contributed by atoms with Crippen molar-refractivity contribution >= 4 is 17.4 Å². The van der Waals surface area contributed by atoms with Crippen LogP contribution in [0, 0.1) is 5.92 Å². The fourth-order valence-electron chi connectivity index (χ4n) is 3.65. The van der Waals surface area contributed by atoms with Crippen molar-refractivity contribution in [1.82, 2.24) is 10.2 Å². The van der Waals surface area contributed by atoms with Crippen LogP contribution in [-0.4, -0.2) is 56.2 Å². The van der Waals surface area contributed by atoms with Crippen molar-refractivity contribution in [2.75, 3.05) is 49.1 Å². The van der Waals surface area contributed by atoms with Gasteiger partial charge in [0.15, 0.2) is 0 Å². The van der Waals surface area contributed by atoms with Crippen LogP contribution in [-0.2, 0) is 0 Å². The number of rotatable bonds is 3. The summed E-state index contributed by atoms with van der Waals surface area (Å²) in [5.74, 6) is 0.861. The van der Waals surface area contributed by atoms with Crippen LogP contribution in [0.3, 0.4) is 0 Å². The number of amides is 2. The Morgan fingerprint density at radius 2 is 1.40 bits per heavy atom. The number of nitrogens with zero attached hydrogens (tertiary/aromatic N) is 3. The zero-order chi connectivity index (χ0) is 17.8. The molecule has 0 bridgehead atoms. The molecule has 25 heavy (non-hydrogen) atoms. The predicted molar refractivity (Wildman–Crippen MR) is 105 cm³/mol. The summed E-state index contributed by atoms with van der Waals surface area (Å²) in [6.07, 6.45) is 2.59. The first-order chi connectivity index (χ1) is 12.0. The van der Waals surface area contributed by atoms with Crippen LogP contribution in [0.4, 0.5) is 16.2 Å². The lowest BCUT2D eigenvalue weighted by Gasteiger charge is -2.37. The number of hydrogen-bond acceptors (Lipinski definition) is 3. The Hall–Kier alpha value is -1.91. The van der Waals surface area contributed by atoms with Gasteiger partial charge in [0.25, 0.3) is 0 Å². The minimum absolute atomic E-state index is 0.0596. The largest absolute Gasteiger partial charge is 0.372 e. The van der Waals surface area contributed by atoms with Crippen LogP contribution >= 0.6 is 0 Å². The van der Waals surface area contributed by atoms with Gasteiger partial charge in [0.1, 0.15) is 0 Å². The maximum Gasteiger partial charge on any atom is 0.317 e. The number of benzene rings is 1. The lowest BCUT2D eigenvalue weighted by atomic mass is 9.99. The van der Waals surface area contributed by atoms with Gasteiger partial charge in [-0.15, -0.1) is 0 Å². The Labute approximate surface area is 152 Å². The van der Waals surface area contributed by atoms with Gasteiger partial charge in [0.2, 0.25) is 0 Å². The topological polar surface area (TPSA) is 38.8 Å². The van der Waals surface area contributed by atoms with E-state index in [1.54, 1.807) is 0 Å². The van der Waals surface area contributed by atoms with Crippen molar-refractivity contribution in [2.24, 2.45) is 5.92 Å². The molecule has 5 heteroatoms. The Morgan fingerprint density at radius 1 is 0.920 bits per heavy atom. The molecule has 0 atom stereocenters. The molecule has 2 fully saturated rings. The highest BCUT2D eigenvalue weighted by Gasteiger charge is 2.22. The standard InChI is InChI=1S/C20H32N4O/c1-16(2)21-20(25)24-14-12-23(13-15-24)19-6-4-18(5-7-19)22-10-8-17(3)9-11-22/h4-7,16-17H,8-15H2,1-3H3,(H,21,25). The van der Waals surface area contributed by atoms with Crippen molar-refractivity contribution in [1.29, 1.82) is 0 Å². The Bertz CT molecular complexity index is 556. The van der Waals surface area contributed by atoms with Gasteiger partial charge in [-0.3, -0.25) is 0 Å². The number of urea groups is 1. The van der Waals surface area contributed by atoms with E-state index in [4.69, 9.17) is 0 Å². The highest BCUT2D eigenvalue weighted by Crippen LogP contribution is 2.26. The summed E-state index contributed by atoms with van der Waals surface area (Å²) in [6.45, 7) is 12.0. The zero-order valence-electron chi connectivity index (χ0n) is 15.9. The van der Waals surface area contributed by atoms with Crippen LogP contribution in [0.5, 0.6) is 0 Å². The van der Waals surface area contributed by atoms with E-state index in [9.17, 15) is 4.79 Å². The van der Waals surface area contributed by atoms with Crippen LogP contribution in [0.25, 0.3) is 0 Å². The second-order valence-corrected chi connectivity index (χ2v) is 7.76. The van der Waals surface area contributed by atoms with Crippen LogP contribution in [0.15, 0.2) is 24.3 Å². The van der Waals surface area contributed by atoms with E-state index in [2.05, 4.69) is 46.3 Å². The molecule has 2 aliphatic rings. The molecule has 0 spiro atoms. The van der Waals surface area contributed by atoms with E-state index in [0.29, 0.717) is 0 Å². The molecule has 0 saturated carbocycles. The van der Waals surface area contributed by atoms with Crippen molar-refractivity contribution in [3.63, 3.8) is 0 Å². The normalized spacial score (nSPS) is 19.4. The number of piperazine rings is 1. The fourth-order valence-corrected chi connectivity index (χ4v) is 3.65. The molecule has 138 valence electrons. The minimum atomic E-state index is 0.0596. The molecule has 0 unspecified atom stereocenters. The fraction of sp³-hybridized carbons (Fsp3) is 0.650. The van der Waals surface area contributed by atoms with Gasteiger partial charge in [0.05, 0.1) is 0 Å². The first-order valence-corrected chi connectivity index (χ1v) is 9.68. The van der Waals surface area contributed by atoms with Gasteiger partial charge in [0, 0.05) is 56.7 Å². The van der Waals surface area contributed by atoms with E-state index in [1.165, 1.54) is 37.3 Å². The number of hydrogen-bond donors (Lipinski definition) is 1. The average molecular weight is 345 g/mol. The summed E-state index contributed by atoms with van der Waals surface area (Å²) in [4.78, 5) is 18.9. The zero-order valence-corrected chi connectivity index (χ0v) is 15.9. The number of anilines is 2. The number of piperidine rings is 1. The summed E-state index contributed by atoms with van der Waals surface area (Å²) < 4.78 is 0. The first kappa shape index (κ1) is 17.9. The maximum atomic E-state index is 12.1. The van der Waals surface area contributed by atoms with Gasteiger partial charge < -0.3 is 20.0 Å². The Morgan fingerprint density at radius 3 is 1.88 bits per heavy atom. The molecule has 3 rings (SSSR count). The summed E-state index contributed by atoms with van der Waals surface area (Å²) in [7, 11) is 0. The number of nitrogens with one attached hydrogen (secondary N) is 1. The third kappa shape index (κ3) is 4.59. The lowest BCUT2D eigenvalue weighted by molar-refractivity contribution is 0.192. The molecule has 2 amide bonds. The third-order valence-electron chi connectivity index (χ3n) is 5.34. The molecular formula is C20H32N4O. The molecule has 0 aromatic heterocycles. The molecule has 1 N–H and O–H groups in total. The van der Waals surface area contributed by atoms with E-state index in [0.717, 1.165) is 32.1 Å². The van der Waals surface area contributed by atoms with E-state index >= 15 is 0 Å². The third-order valence-corrected chi connectivity index (χ3v) is 5.34. The number of carbonyl (C=O) groups excluding carboxylic acids is 1. The second kappa shape index (κ2) is 7.98. The molecule has 1 aromatic carbocycles. The van der Waals surface area contributed by atoms with E-state index < -0.39 is 0 Å². The van der Waals surface area contributed by atoms with Crippen LogP contribution in [0.1, 0.15) is 33.6 Å². The van der Waals surface area contributed by atoms with E-state index in [-0.39, 0.29) is 12.1 Å². The molecule has 2 saturated heterocycles. The van der Waals surface area contributed by atoms with Crippen LogP contribution in [0.2, 0.25) is 0 Å². The van der Waals surface area contributed by atoms with Gasteiger partial charge in [-0.1, -0.05) is 6.92 Å².